The third-order valence-electron chi connectivity index (χ3n) is 2.88. The van der Waals surface area contributed by atoms with Gasteiger partial charge in [-0.15, -0.1) is 0 Å². The molecule has 0 amide bonds. The lowest BCUT2D eigenvalue weighted by Crippen LogP contribution is -2.38. The highest BCUT2D eigenvalue weighted by atomic mass is 32.2. The molecule has 0 heterocycles. The Kier molecular flexibility index (Phi) is 5.71. The van der Waals surface area contributed by atoms with E-state index in [0.29, 0.717) is 6.07 Å². The minimum Gasteiger partial charge on any atom is -0.465 e. The van der Waals surface area contributed by atoms with Crippen molar-refractivity contribution in [1.82, 2.24) is 0 Å². The second-order valence-corrected chi connectivity index (χ2v) is 6.25. The molecule has 0 fully saturated rings. The van der Waals surface area contributed by atoms with E-state index >= 15 is 0 Å². The molecule has 0 saturated heterocycles. The Bertz CT molecular complexity index is 584. The van der Waals surface area contributed by atoms with Gasteiger partial charge in [0.25, 0.3) is 0 Å². The van der Waals surface area contributed by atoms with Crippen LogP contribution in [0.15, 0.2) is 23.1 Å². The Balaban J connectivity index is 2.87. The lowest BCUT2D eigenvalue weighted by Gasteiger charge is -2.20. The van der Waals surface area contributed by atoms with E-state index in [2.05, 4.69) is 0 Å². The van der Waals surface area contributed by atoms with Crippen LogP contribution in [0, 0.1) is 17.0 Å². The quantitative estimate of drug-likeness (QED) is 0.596. The molecule has 0 bridgehead atoms. The number of ketones is 1. The van der Waals surface area contributed by atoms with E-state index in [-0.39, 0.29) is 11.5 Å². The molecule has 0 spiro atoms. The van der Waals surface area contributed by atoms with E-state index in [1.165, 1.54) is 13.8 Å². The highest BCUT2D eigenvalue weighted by Gasteiger charge is 2.38. The molecule has 1 unspecified atom stereocenters. The number of esters is 1. The summed E-state index contributed by atoms with van der Waals surface area (Å²) in [6.45, 7) is 4.42. The van der Waals surface area contributed by atoms with Crippen molar-refractivity contribution in [3.05, 3.63) is 29.8 Å². The zero-order chi connectivity index (χ0) is 16.2. The maximum absolute atomic E-state index is 13.5. The molecule has 1 atom stereocenters. The van der Waals surface area contributed by atoms with Crippen molar-refractivity contribution >= 4 is 22.6 Å². The topological polar surface area (TPSA) is 60.4 Å². The first-order valence-corrected chi connectivity index (χ1v) is 7.56. The van der Waals surface area contributed by atoms with Crippen molar-refractivity contribution in [3.63, 3.8) is 0 Å². The van der Waals surface area contributed by atoms with Crippen LogP contribution in [0.2, 0.25) is 0 Å². The Morgan fingerprint density at radius 1 is 1.29 bits per heavy atom. The number of Topliss-reactive ketones (excluding diaryl/α,β-unsaturated/α-hetero) is 1. The summed E-state index contributed by atoms with van der Waals surface area (Å²) in [5.74, 6) is -3.70. The summed E-state index contributed by atoms with van der Waals surface area (Å²) < 4.78 is 43.0. The van der Waals surface area contributed by atoms with Gasteiger partial charge in [-0.2, -0.15) is 0 Å². The monoisotopic (exact) mass is 318 g/mol. The fourth-order valence-electron chi connectivity index (χ4n) is 1.46. The molecule has 1 aromatic carbocycles. The standard InChI is InChI=1S/C14H16F2O4S/c1-4-20-13(18)14(2,3)12(17)8-21(19)11-6-5-9(15)7-10(11)16/h5-7H,4,8H2,1-3H3. The first-order chi connectivity index (χ1) is 9.70. The lowest BCUT2D eigenvalue weighted by atomic mass is 9.89. The molecular formula is C14H16F2O4S. The van der Waals surface area contributed by atoms with Crippen LogP contribution < -0.4 is 0 Å². The number of hydrogen-bond acceptors (Lipinski definition) is 4. The van der Waals surface area contributed by atoms with Gasteiger partial charge in [-0.25, -0.2) is 8.78 Å². The van der Waals surface area contributed by atoms with Gasteiger partial charge in [0, 0.05) is 6.07 Å². The van der Waals surface area contributed by atoms with Gasteiger partial charge in [0.05, 0.1) is 28.1 Å². The highest BCUT2D eigenvalue weighted by molar-refractivity contribution is 7.85. The molecule has 4 nitrogen and oxygen atoms in total. The summed E-state index contributed by atoms with van der Waals surface area (Å²) in [5.41, 5.74) is -1.47. The fraction of sp³-hybridized carbons (Fsp3) is 0.429. The van der Waals surface area contributed by atoms with E-state index < -0.39 is 45.4 Å². The predicted molar refractivity (Wildman–Crippen MR) is 73.1 cm³/mol. The number of halogens is 2. The minimum absolute atomic E-state index is 0.116. The van der Waals surface area contributed by atoms with Gasteiger partial charge in [0.1, 0.15) is 17.0 Å². The van der Waals surface area contributed by atoms with Crippen LogP contribution in [0.5, 0.6) is 0 Å². The molecular weight excluding hydrogens is 302 g/mol. The van der Waals surface area contributed by atoms with Crippen LogP contribution in [-0.2, 0) is 25.1 Å². The Hall–Kier alpha value is -1.63. The summed E-state index contributed by atoms with van der Waals surface area (Å²) in [6, 6.07) is 2.57. The van der Waals surface area contributed by atoms with Gasteiger partial charge >= 0.3 is 5.97 Å². The van der Waals surface area contributed by atoms with Crippen molar-refractivity contribution in [3.8, 4) is 0 Å². The molecule has 7 heteroatoms. The second-order valence-electron chi connectivity index (χ2n) is 4.83. The maximum Gasteiger partial charge on any atom is 0.319 e. The first-order valence-electron chi connectivity index (χ1n) is 6.24. The van der Waals surface area contributed by atoms with Gasteiger partial charge in [-0.05, 0) is 32.9 Å². The number of carbonyl (C=O) groups is 2. The van der Waals surface area contributed by atoms with Gasteiger partial charge < -0.3 is 4.74 Å². The predicted octanol–water partition coefficient (Wildman–Crippen LogP) is 2.23. The molecule has 0 radical (unpaired) electrons. The Labute approximate surface area is 123 Å². The molecule has 0 aliphatic heterocycles. The van der Waals surface area contributed by atoms with Crippen LogP contribution >= 0.6 is 0 Å². The van der Waals surface area contributed by atoms with Crippen LogP contribution in [0.3, 0.4) is 0 Å². The van der Waals surface area contributed by atoms with Crippen LogP contribution in [-0.4, -0.2) is 28.3 Å². The molecule has 0 saturated carbocycles. The number of carbonyl (C=O) groups excluding carboxylic acids is 2. The van der Waals surface area contributed by atoms with Gasteiger partial charge in [-0.3, -0.25) is 13.8 Å². The normalized spacial score (nSPS) is 12.8. The molecule has 0 aliphatic rings. The summed E-state index contributed by atoms with van der Waals surface area (Å²) in [6.07, 6.45) is 0. The van der Waals surface area contributed by atoms with Crippen molar-refractivity contribution in [2.45, 2.75) is 25.7 Å². The maximum atomic E-state index is 13.5. The smallest absolute Gasteiger partial charge is 0.319 e. The van der Waals surface area contributed by atoms with E-state index in [0.717, 1.165) is 12.1 Å². The fourth-order valence-corrected chi connectivity index (χ4v) is 2.71. The Morgan fingerprint density at radius 2 is 1.90 bits per heavy atom. The molecule has 1 rings (SSSR count). The Morgan fingerprint density at radius 3 is 2.43 bits per heavy atom. The van der Waals surface area contributed by atoms with Crippen LogP contribution in [0.4, 0.5) is 8.78 Å². The third kappa shape index (κ3) is 4.17. The zero-order valence-electron chi connectivity index (χ0n) is 11.9. The average Bonchev–Trinajstić information content (AvgIpc) is 2.38. The molecule has 0 aromatic heterocycles. The van der Waals surface area contributed by atoms with E-state index in [1.807, 2.05) is 0 Å². The molecule has 0 aliphatic carbocycles. The molecule has 21 heavy (non-hydrogen) atoms. The van der Waals surface area contributed by atoms with Gasteiger partial charge in [0.2, 0.25) is 0 Å². The number of benzene rings is 1. The SMILES string of the molecule is CCOC(=O)C(C)(C)C(=O)CS(=O)c1ccc(F)cc1F. The van der Waals surface area contributed by atoms with Crippen molar-refractivity contribution in [1.29, 1.82) is 0 Å². The minimum atomic E-state index is -2.00. The van der Waals surface area contributed by atoms with Crippen LogP contribution in [0.1, 0.15) is 20.8 Å². The van der Waals surface area contributed by atoms with E-state index in [4.69, 9.17) is 4.74 Å². The summed E-state index contributed by atoms with van der Waals surface area (Å²) in [4.78, 5) is 23.4. The van der Waals surface area contributed by atoms with E-state index in [9.17, 15) is 22.6 Å². The van der Waals surface area contributed by atoms with Crippen molar-refractivity contribution in [2.75, 3.05) is 12.4 Å². The van der Waals surface area contributed by atoms with Gasteiger partial charge in [0.15, 0.2) is 5.78 Å². The number of ether oxygens (including phenoxy) is 1. The largest absolute Gasteiger partial charge is 0.465 e. The lowest BCUT2D eigenvalue weighted by molar-refractivity contribution is -0.157. The zero-order valence-corrected chi connectivity index (χ0v) is 12.8. The van der Waals surface area contributed by atoms with E-state index in [1.54, 1.807) is 6.92 Å². The summed E-state index contributed by atoms with van der Waals surface area (Å²) >= 11 is 0. The molecule has 0 N–H and O–H groups in total. The van der Waals surface area contributed by atoms with Crippen molar-refractivity contribution in [2.24, 2.45) is 5.41 Å². The second kappa shape index (κ2) is 6.89. The summed E-state index contributed by atoms with van der Waals surface area (Å²) in [5, 5.41) is 0. The molecule has 116 valence electrons. The third-order valence-corrected chi connectivity index (χ3v) is 4.23. The molecule has 1 aromatic rings. The van der Waals surface area contributed by atoms with Gasteiger partial charge in [-0.1, -0.05) is 0 Å². The highest BCUT2D eigenvalue weighted by Crippen LogP contribution is 2.22. The van der Waals surface area contributed by atoms with Crippen molar-refractivity contribution < 1.29 is 27.3 Å². The average molecular weight is 318 g/mol. The number of rotatable bonds is 6. The summed E-state index contributed by atoms with van der Waals surface area (Å²) in [7, 11) is -2.00. The number of hydrogen-bond donors (Lipinski definition) is 0. The van der Waals surface area contributed by atoms with Crippen LogP contribution in [0.25, 0.3) is 0 Å². The first kappa shape index (κ1) is 17.4.